The topological polar surface area (TPSA) is 56.0 Å². The van der Waals surface area contributed by atoms with Gasteiger partial charge in [0.2, 0.25) is 0 Å². The average Bonchev–Trinajstić information content (AvgIpc) is 2.68. The van der Waals surface area contributed by atoms with Gasteiger partial charge in [-0.25, -0.2) is 4.98 Å². The fourth-order valence-electron chi connectivity index (χ4n) is 1.06. The summed E-state index contributed by atoms with van der Waals surface area (Å²) >= 11 is 1.08. The van der Waals surface area contributed by atoms with Gasteiger partial charge in [0.15, 0.2) is 0 Å². The van der Waals surface area contributed by atoms with Crippen molar-refractivity contribution in [3.05, 3.63) is 46.6 Å². The first-order valence-corrected chi connectivity index (χ1v) is 4.74. The Labute approximate surface area is 84.0 Å². The van der Waals surface area contributed by atoms with Crippen LogP contribution in [0.2, 0.25) is 0 Å². The molecule has 0 radical (unpaired) electrons. The maximum absolute atomic E-state index is 10.4. The Balaban J connectivity index is 2.39. The van der Waals surface area contributed by atoms with Crippen LogP contribution in [0.4, 0.5) is 5.00 Å². The summed E-state index contributed by atoms with van der Waals surface area (Å²) in [6, 6.07) is 9.40. The number of rotatable bonds is 2. The van der Waals surface area contributed by atoms with Gasteiger partial charge in [-0.1, -0.05) is 30.3 Å². The number of aromatic nitrogens is 1. The molecule has 1 aromatic heterocycles. The van der Waals surface area contributed by atoms with Crippen LogP contribution in [0.25, 0.3) is 10.6 Å². The van der Waals surface area contributed by atoms with Crippen LogP contribution in [-0.4, -0.2) is 9.91 Å². The van der Waals surface area contributed by atoms with Crippen LogP contribution in [0.1, 0.15) is 0 Å². The average molecular weight is 206 g/mol. The van der Waals surface area contributed by atoms with Crippen molar-refractivity contribution in [3.8, 4) is 10.6 Å². The van der Waals surface area contributed by atoms with E-state index in [1.165, 1.54) is 6.20 Å². The van der Waals surface area contributed by atoms with Crippen LogP contribution >= 0.6 is 11.3 Å². The van der Waals surface area contributed by atoms with Gasteiger partial charge in [0.05, 0.1) is 4.92 Å². The summed E-state index contributed by atoms with van der Waals surface area (Å²) in [6.07, 6.45) is 1.28. The van der Waals surface area contributed by atoms with E-state index in [1.54, 1.807) is 0 Å². The molecule has 0 amide bonds. The van der Waals surface area contributed by atoms with Crippen molar-refractivity contribution in [1.82, 2.24) is 4.98 Å². The van der Waals surface area contributed by atoms with Crippen LogP contribution in [0.3, 0.4) is 0 Å². The zero-order chi connectivity index (χ0) is 9.97. The minimum atomic E-state index is -0.426. The Morgan fingerprint density at radius 1 is 1.29 bits per heavy atom. The molecule has 70 valence electrons. The Morgan fingerprint density at radius 2 is 2.00 bits per heavy atom. The number of nitrogens with zero attached hydrogens (tertiary/aromatic N) is 2. The highest BCUT2D eigenvalue weighted by atomic mass is 32.1. The highest BCUT2D eigenvalue weighted by molar-refractivity contribution is 7.18. The quantitative estimate of drug-likeness (QED) is 0.560. The summed E-state index contributed by atoms with van der Waals surface area (Å²) < 4.78 is 0. The van der Waals surface area contributed by atoms with Gasteiger partial charge in [-0.05, 0) is 11.3 Å². The first-order chi connectivity index (χ1) is 6.77. The molecule has 0 saturated heterocycles. The summed E-state index contributed by atoms with van der Waals surface area (Å²) in [6.45, 7) is 0. The number of thiazole rings is 1. The maximum atomic E-state index is 10.4. The molecule has 0 spiro atoms. The van der Waals surface area contributed by atoms with E-state index in [0.717, 1.165) is 16.9 Å². The van der Waals surface area contributed by atoms with Gasteiger partial charge < -0.3 is 0 Å². The third kappa shape index (κ3) is 1.62. The van der Waals surface area contributed by atoms with E-state index in [9.17, 15) is 10.1 Å². The van der Waals surface area contributed by atoms with Gasteiger partial charge >= 0.3 is 5.00 Å². The zero-order valence-electron chi connectivity index (χ0n) is 7.08. The van der Waals surface area contributed by atoms with Gasteiger partial charge in [0.1, 0.15) is 11.2 Å². The highest BCUT2D eigenvalue weighted by Crippen LogP contribution is 2.29. The molecule has 0 atom stereocenters. The normalized spacial score (nSPS) is 10.0. The first-order valence-electron chi connectivity index (χ1n) is 3.93. The van der Waals surface area contributed by atoms with Crippen LogP contribution in [0, 0.1) is 10.1 Å². The van der Waals surface area contributed by atoms with Crippen LogP contribution in [0.15, 0.2) is 36.5 Å². The van der Waals surface area contributed by atoms with Gasteiger partial charge in [0.25, 0.3) is 0 Å². The monoisotopic (exact) mass is 206 g/mol. The van der Waals surface area contributed by atoms with Crippen molar-refractivity contribution in [2.45, 2.75) is 0 Å². The largest absolute Gasteiger partial charge is 0.344 e. The molecule has 0 aliphatic rings. The first kappa shape index (κ1) is 8.83. The highest BCUT2D eigenvalue weighted by Gasteiger charge is 2.11. The number of benzene rings is 1. The molecule has 1 aromatic carbocycles. The van der Waals surface area contributed by atoms with Crippen LogP contribution in [0.5, 0.6) is 0 Å². The second-order valence-electron chi connectivity index (χ2n) is 2.63. The van der Waals surface area contributed by atoms with E-state index in [-0.39, 0.29) is 5.00 Å². The molecule has 1 heterocycles. The molecule has 14 heavy (non-hydrogen) atoms. The summed E-state index contributed by atoms with van der Waals surface area (Å²) in [5.41, 5.74) is 0.908. The van der Waals surface area contributed by atoms with Crippen molar-refractivity contribution in [2.75, 3.05) is 0 Å². The van der Waals surface area contributed by atoms with E-state index in [2.05, 4.69) is 4.98 Å². The minimum absolute atomic E-state index is 0.0730. The molecular weight excluding hydrogens is 200 g/mol. The lowest BCUT2D eigenvalue weighted by molar-refractivity contribution is -0.380. The molecule has 0 N–H and O–H groups in total. The lowest BCUT2D eigenvalue weighted by atomic mass is 10.2. The standard InChI is InChI=1S/C9H6N2O2S/c12-11(13)8-6-10-9(14-8)7-4-2-1-3-5-7/h1-6H. The Bertz CT molecular complexity index is 453. The minimum Gasteiger partial charge on any atom is -0.257 e. The molecule has 0 fully saturated rings. The lowest BCUT2D eigenvalue weighted by Crippen LogP contribution is -1.80. The van der Waals surface area contributed by atoms with Crippen LogP contribution < -0.4 is 0 Å². The van der Waals surface area contributed by atoms with Gasteiger partial charge in [-0.2, -0.15) is 0 Å². The van der Waals surface area contributed by atoms with Crippen molar-refractivity contribution in [2.24, 2.45) is 0 Å². The van der Waals surface area contributed by atoms with Gasteiger partial charge in [-0.3, -0.25) is 10.1 Å². The predicted octanol–water partition coefficient (Wildman–Crippen LogP) is 2.72. The number of hydrogen-bond donors (Lipinski definition) is 0. The molecule has 2 aromatic rings. The van der Waals surface area contributed by atoms with Crippen molar-refractivity contribution < 1.29 is 4.92 Å². The van der Waals surface area contributed by atoms with E-state index in [0.29, 0.717) is 5.01 Å². The second kappa shape index (κ2) is 3.55. The fourth-order valence-corrected chi connectivity index (χ4v) is 1.80. The Kier molecular flexibility index (Phi) is 2.24. The molecule has 2 rings (SSSR count). The molecule has 4 nitrogen and oxygen atoms in total. The Morgan fingerprint density at radius 3 is 2.57 bits per heavy atom. The fraction of sp³-hybridized carbons (Fsp3) is 0. The summed E-state index contributed by atoms with van der Waals surface area (Å²) in [4.78, 5) is 14.0. The molecule has 0 unspecified atom stereocenters. The number of nitro groups is 1. The predicted molar refractivity (Wildman–Crippen MR) is 54.2 cm³/mol. The van der Waals surface area contributed by atoms with Crippen LogP contribution in [-0.2, 0) is 0 Å². The van der Waals surface area contributed by atoms with E-state index >= 15 is 0 Å². The third-order valence-corrected chi connectivity index (χ3v) is 2.69. The molecular formula is C9H6N2O2S. The lowest BCUT2D eigenvalue weighted by Gasteiger charge is -1.91. The Hall–Kier alpha value is -1.75. The summed E-state index contributed by atoms with van der Waals surface area (Å²) in [5, 5.41) is 11.2. The van der Waals surface area contributed by atoms with E-state index < -0.39 is 4.92 Å². The molecule has 0 aliphatic heterocycles. The molecule has 0 aliphatic carbocycles. The number of hydrogen-bond acceptors (Lipinski definition) is 4. The van der Waals surface area contributed by atoms with E-state index in [1.807, 2.05) is 30.3 Å². The molecule has 0 saturated carbocycles. The molecule has 5 heteroatoms. The summed E-state index contributed by atoms with van der Waals surface area (Å²) in [5.74, 6) is 0. The summed E-state index contributed by atoms with van der Waals surface area (Å²) in [7, 11) is 0. The second-order valence-corrected chi connectivity index (χ2v) is 3.64. The third-order valence-electron chi connectivity index (χ3n) is 1.69. The van der Waals surface area contributed by atoms with Crippen molar-refractivity contribution in [3.63, 3.8) is 0 Å². The van der Waals surface area contributed by atoms with Gasteiger partial charge in [-0.15, -0.1) is 0 Å². The van der Waals surface area contributed by atoms with Crippen molar-refractivity contribution >= 4 is 16.3 Å². The zero-order valence-corrected chi connectivity index (χ0v) is 7.90. The van der Waals surface area contributed by atoms with E-state index in [4.69, 9.17) is 0 Å². The van der Waals surface area contributed by atoms with Crippen molar-refractivity contribution in [1.29, 1.82) is 0 Å². The molecule has 0 bridgehead atoms. The smallest absolute Gasteiger partial charge is 0.257 e. The maximum Gasteiger partial charge on any atom is 0.344 e. The van der Waals surface area contributed by atoms with Gasteiger partial charge in [0, 0.05) is 5.56 Å². The SMILES string of the molecule is O=[N+]([O-])c1cnc(-c2ccccc2)s1.